The van der Waals surface area contributed by atoms with E-state index >= 15 is 0 Å². The molecule has 1 aromatic carbocycles. The average molecular weight is 380 g/mol. The van der Waals surface area contributed by atoms with Gasteiger partial charge >= 0.3 is 0 Å². The van der Waals surface area contributed by atoms with Crippen molar-refractivity contribution in [1.82, 2.24) is 14.9 Å². The standard InChI is InChI=1S/C19H29N3O3S/c1-22(17-9-3-2-4-10-17)26(24,25)18-11-5-7-15(13-18)19(23)21-14-16-8-6-12-20-16/h5,7,11,13,16-17,20H,2-4,6,8-10,12,14H2,1H3,(H,21,23). The Kier molecular flexibility index (Phi) is 6.32. The second kappa shape index (κ2) is 8.50. The van der Waals surface area contributed by atoms with Crippen LogP contribution in [0.5, 0.6) is 0 Å². The van der Waals surface area contributed by atoms with E-state index in [1.807, 2.05) is 0 Å². The Balaban J connectivity index is 1.69. The first-order chi connectivity index (χ1) is 12.5. The number of carbonyl (C=O) groups is 1. The Labute approximate surface area is 156 Å². The molecule has 0 spiro atoms. The minimum absolute atomic E-state index is 0.0553. The number of nitrogens with zero attached hydrogens (tertiary/aromatic N) is 1. The van der Waals surface area contributed by atoms with E-state index < -0.39 is 10.0 Å². The van der Waals surface area contributed by atoms with E-state index in [4.69, 9.17) is 0 Å². The predicted molar refractivity (Wildman–Crippen MR) is 102 cm³/mol. The molecule has 144 valence electrons. The monoisotopic (exact) mass is 379 g/mol. The number of hydrogen-bond donors (Lipinski definition) is 2. The highest BCUT2D eigenvalue weighted by molar-refractivity contribution is 7.89. The van der Waals surface area contributed by atoms with Gasteiger partial charge in [0.15, 0.2) is 0 Å². The molecule has 0 bridgehead atoms. The normalized spacial score (nSPS) is 21.8. The van der Waals surface area contributed by atoms with E-state index in [1.165, 1.54) is 16.8 Å². The van der Waals surface area contributed by atoms with Gasteiger partial charge in [-0.05, 0) is 50.4 Å². The van der Waals surface area contributed by atoms with Crippen LogP contribution in [0.1, 0.15) is 55.3 Å². The molecule has 2 aliphatic rings. The number of carbonyl (C=O) groups excluding carboxylic acids is 1. The van der Waals surface area contributed by atoms with E-state index in [0.717, 1.165) is 45.1 Å². The second-order valence-corrected chi connectivity index (χ2v) is 9.34. The van der Waals surface area contributed by atoms with Gasteiger partial charge in [-0.1, -0.05) is 25.3 Å². The van der Waals surface area contributed by atoms with Gasteiger partial charge in [0.25, 0.3) is 5.91 Å². The van der Waals surface area contributed by atoms with Crippen molar-refractivity contribution in [2.24, 2.45) is 0 Å². The summed E-state index contributed by atoms with van der Waals surface area (Å²) in [5, 5.41) is 6.24. The first-order valence-electron chi connectivity index (χ1n) is 9.58. The van der Waals surface area contributed by atoms with Gasteiger partial charge in [-0.15, -0.1) is 0 Å². The van der Waals surface area contributed by atoms with Crippen LogP contribution in [0.2, 0.25) is 0 Å². The Bertz CT molecular complexity index is 723. The van der Waals surface area contributed by atoms with Gasteiger partial charge in [0.1, 0.15) is 0 Å². The number of hydrogen-bond acceptors (Lipinski definition) is 4. The molecular formula is C19H29N3O3S. The van der Waals surface area contributed by atoms with Crippen molar-refractivity contribution in [2.45, 2.75) is 61.9 Å². The minimum Gasteiger partial charge on any atom is -0.350 e. The van der Waals surface area contributed by atoms with Gasteiger partial charge in [0, 0.05) is 31.2 Å². The number of amides is 1. The number of sulfonamides is 1. The van der Waals surface area contributed by atoms with E-state index in [0.29, 0.717) is 18.2 Å². The molecule has 1 saturated heterocycles. The van der Waals surface area contributed by atoms with Gasteiger partial charge in [-0.25, -0.2) is 8.42 Å². The molecule has 2 fully saturated rings. The van der Waals surface area contributed by atoms with Crippen molar-refractivity contribution in [3.8, 4) is 0 Å². The molecule has 1 aliphatic heterocycles. The average Bonchev–Trinajstić information content (AvgIpc) is 3.20. The van der Waals surface area contributed by atoms with Gasteiger partial charge in [-0.3, -0.25) is 4.79 Å². The molecule has 1 heterocycles. The summed E-state index contributed by atoms with van der Waals surface area (Å²) in [6, 6.07) is 6.74. The van der Waals surface area contributed by atoms with Gasteiger partial charge in [0.05, 0.1) is 4.90 Å². The maximum absolute atomic E-state index is 13.0. The molecule has 1 aromatic rings. The van der Waals surface area contributed by atoms with Crippen molar-refractivity contribution in [3.63, 3.8) is 0 Å². The largest absolute Gasteiger partial charge is 0.350 e. The van der Waals surface area contributed by atoms with Crippen molar-refractivity contribution >= 4 is 15.9 Å². The lowest BCUT2D eigenvalue weighted by Gasteiger charge is -2.30. The maximum Gasteiger partial charge on any atom is 0.251 e. The highest BCUT2D eigenvalue weighted by Gasteiger charge is 2.29. The van der Waals surface area contributed by atoms with Crippen molar-refractivity contribution < 1.29 is 13.2 Å². The second-order valence-electron chi connectivity index (χ2n) is 7.34. The molecule has 0 radical (unpaired) electrons. The molecule has 1 saturated carbocycles. The van der Waals surface area contributed by atoms with E-state index in [-0.39, 0.29) is 16.8 Å². The Hall–Kier alpha value is -1.44. The molecule has 6 nitrogen and oxygen atoms in total. The zero-order valence-electron chi connectivity index (χ0n) is 15.4. The third-order valence-electron chi connectivity index (χ3n) is 5.53. The highest BCUT2D eigenvalue weighted by Crippen LogP contribution is 2.26. The van der Waals surface area contributed by atoms with Gasteiger partial charge in [-0.2, -0.15) is 4.31 Å². The number of rotatable bonds is 6. The summed E-state index contributed by atoms with van der Waals surface area (Å²) in [4.78, 5) is 12.6. The van der Waals surface area contributed by atoms with Crippen LogP contribution in [-0.2, 0) is 10.0 Å². The molecule has 3 rings (SSSR count). The molecule has 1 atom stereocenters. The smallest absolute Gasteiger partial charge is 0.251 e. The fourth-order valence-electron chi connectivity index (χ4n) is 3.85. The summed E-state index contributed by atoms with van der Waals surface area (Å²) in [6.45, 7) is 1.56. The summed E-state index contributed by atoms with van der Waals surface area (Å²) < 4.78 is 27.4. The lowest BCUT2D eigenvalue weighted by atomic mass is 9.96. The van der Waals surface area contributed by atoms with Crippen LogP contribution in [0.3, 0.4) is 0 Å². The van der Waals surface area contributed by atoms with Crippen molar-refractivity contribution in [2.75, 3.05) is 20.1 Å². The van der Waals surface area contributed by atoms with E-state index in [1.54, 1.807) is 25.2 Å². The fraction of sp³-hybridized carbons (Fsp3) is 0.632. The van der Waals surface area contributed by atoms with Crippen LogP contribution in [0.15, 0.2) is 29.2 Å². The van der Waals surface area contributed by atoms with E-state index in [9.17, 15) is 13.2 Å². The van der Waals surface area contributed by atoms with Crippen LogP contribution in [0.25, 0.3) is 0 Å². The molecule has 2 N–H and O–H groups in total. The van der Waals surface area contributed by atoms with Crippen LogP contribution < -0.4 is 10.6 Å². The van der Waals surface area contributed by atoms with E-state index in [2.05, 4.69) is 10.6 Å². The van der Waals surface area contributed by atoms with Crippen LogP contribution in [0.4, 0.5) is 0 Å². The number of nitrogens with one attached hydrogen (secondary N) is 2. The topological polar surface area (TPSA) is 78.5 Å². The summed E-state index contributed by atoms with van der Waals surface area (Å²) >= 11 is 0. The zero-order chi connectivity index (χ0) is 18.6. The minimum atomic E-state index is -3.58. The molecule has 26 heavy (non-hydrogen) atoms. The molecule has 0 aromatic heterocycles. The van der Waals surface area contributed by atoms with Crippen LogP contribution in [-0.4, -0.2) is 50.9 Å². The molecule has 1 unspecified atom stereocenters. The quantitative estimate of drug-likeness (QED) is 0.794. The lowest BCUT2D eigenvalue weighted by molar-refractivity contribution is 0.0950. The Morgan fingerprint density at radius 1 is 1.19 bits per heavy atom. The Morgan fingerprint density at radius 3 is 2.65 bits per heavy atom. The first-order valence-corrected chi connectivity index (χ1v) is 11.0. The van der Waals surface area contributed by atoms with Gasteiger partial charge < -0.3 is 10.6 Å². The van der Waals surface area contributed by atoms with Crippen molar-refractivity contribution in [3.05, 3.63) is 29.8 Å². The van der Waals surface area contributed by atoms with Crippen LogP contribution >= 0.6 is 0 Å². The molecule has 1 amide bonds. The predicted octanol–water partition coefficient (Wildman–Crippen LogP) is 2.12. The van der Waals surface area contributed by atoms with Crippen LogP contribution in [0, 0.1) is 0 Å². The first kappa shape index (κ1) is 19.3. The number of benzene rings is 1. The molecule has 7 heteroatoms. The lowest BCUT2D eigenvalue weighted by Crippen LogP contribution is -2.38. The van der Waals surface area contributed by atoms with Gasteiger partial charge in [0.2, 0.25) is 10.0 Å². The Morgan fingerprint density at radius 2 is 1.96 bits per heavy atom. The summed E-state index contributed by atoms with van der Waals surface area (Å²) in [5.74, 6) is -0.226. The summed E-state index contributed by atoms with van der Waals surface area (Å²) in [5.41, 5.74) is 0.390. The molecular weight excluding hydrogens is 350 g/mol. The SMILES string of the molecule is CN(C1CCCCC1)S(=O)(=O)c1cccc(C(=O)NCC2CCCN2)c1. The van der Waals surface area contributed by atoms with Crippen molar-refractivity contribution in [1.29, 1.82) is 0 Å². The third kappa shape index (κ3) is 4.45. The highest BCUT2D eigenvalue weighted by atomic mass is 32.2. The fourth-order valence-corrected chi connectivity index (χ4v) is 5.32. The zero-order valence-corrected chi connectivity index (χ0v) is 16.2. The summed E-state index contributed by atoms with van der Waals surface area (Å²) in [7, 11) is -1.93. The molecule has 1 aliphatic carbocycles. The maximum atomic E-state index is 13.0. The summed E-state index contributed by atoms with van der Waals surface area (Å²) in [6.07, 6.45) is 7.32. The third-order valence-corrected chi connectivity index (χ3v) is 7.44.